The highest BCUT2D eigenvalue weighted by molar-refractivity contribution is 7.92. The molecule has 3 N–H and O–H groups in total. The highest BCUT2D eigenvalue weighted by Gasteiger charge is 2.16. The van der Waals surface area contributed by atoms with Crippen LogP contribution in [0.4, 0.5) is 11.4 Å². The van der Waals surface area contributed by atoms with Gasteiger partial charge in [-0.25, -0.2) is 13.4 Å². The summed E-state index contributed by atoms with van der Waals surface area (Å²) in [4.78, 5) is 8.49. The van der Waals surface area contributed by atoms with E-state index in [1.807, 2.05) is 31.2 Å². The molecule has 2 aromatic carbocycles. The number of aromatic hydroxyl groups is 1. The van der Waals surface area contributed by atoms with Crippen LogP contribution in [0.2, 0.25) is 5.15 Å². The van der Waals surface area contributed by atoms with E-state index in [4.69, 9.17) is 11.6 Å². The molecule has 1 unspecified atom stereocenters. The van der Waals surface area contributed by atoms with Crippen molar-refractivity contribution in [1.82, 2.24) is 9.97 Å². The Hall–Kier alpha value is -3.87. The molecule has 0 aliphatic heterocycles. The number of nitrogens with zero attached hydrogens (tertiary/aromatic N) is 3. The van der Waals surface area contributed by atoms with Crippen LogP contribution >= 0.6 is 11.6 Å². The Morgan fingerprint density at radius 2 is 1.85 bits per heavy atom. The normalized spacial score (nSPS) is 12.2. The first-order valence-corrected chi connectivity index (χ1v) is 12.4. The quantitative estimate of drug-likeness (QED) is 0.320. The molecule has 4 aromatic rings. The summed E-state index contributed by atoms with van der Waals surface area (Å²) in [5.74, 6) is 0.151. The highest BCUT2D eigenvalue weighted by Crippen LogP contribution is 2.35. The van der Waals surface area contributed by atoms with Crippen molar-refractivity contribution < 1.29 is 13.5 Å². The number of nitriles is 1. The molecule has 0 saturated carbocycles. The van der Waals surface area contributed by atoms with Gasteiger partial charge in [0.15, 0.2) is 5.15 Å². The molecule has 10 heteroatoms. The highest BCUT2D eigenvalue weighted by atomic mass is 35.5. The van der Waals surface area contributed by atoms with E-state index in [9.17, 15) is 18.8 Å². The molecule has 0 fully saturated rings. The molecule has 4 rings (SSSR count). The molecule has 1 atom stereocenters. The van der Waals surface area contributed by atoms with Crippen LogP contribution in [0, 0.1) is 11.3 Å². The Kier molecular flexibility index (Phi) is 6.28. The fraction of sp³-hybridized carbons (Fsp3) is 0.125. The largest absolute Gasteiger partial charge is 0.508 e. The molecule has 0 amide bonds. The van der Waals surface area contributed by atoms with Gasteiger partial charge in [0.2, 0.25) is 10.0 Å². The first kappa shape index (κ1) is 23.3. The molecule has 2 aromatic heterocycles. The van der Waals surface area contributed by atoms with Gasteiger partial charge in [0.25, 0.3) is 0 Å². The Morgan fingerprint density at radius 3 is 2.56 bits per heavy atom. The summed E-state index contributed by atoms with van der Waals surface area (Å²) in [7, 11) is -3.54. The zero-order valence-electron chi connectivity index (χ0n) is 18.2. The van der Waals surface area contributed by atoms with E-state index in [2.05, 4.69) is 26.1 Å². The summed E-state index contributed by atoms with van der Waals surface area (Å²) in [6.07, 6.45) is 4.07. The van der Waals surface area contributed by atoms with Gasteiger partial charge in [-0.15, -0.1) is 0 Å². The molecule has 172 valence electrons. The molecule has 0 aliphatic rings. The predicted molar refractivity (Wildman–Crippen MR) is 133 cm³/mol. The number of para-hydroxylation sites is 1. The summed E-state index contributed by atoms with van der Waals surface area (Å²) in [5.41, 5.74) is 3.78. The molecule has 34 heavy (non-hydrogen) atoms. The van der Waals surface area contributed by atoms with Gasteiger partial charge < -0.3 is 10.4 Å². The summed E-state index contributed by atoms with van der Waals surface area (Å²) < 4.78 is 25.7. The average Bonchev–Trinajstić information content (AvgIpc) is 2.80. The van der Waals surface area contributed by atoms with Crippen molar-refractivity contribution in [1.29, 1.82) is 5.26 Å². The van der Waals surface area contributed by atoms with Crippen LogP contribution in [-0.2, 0) is 10.0 Å². The van der Waals surface area contributed by atoms with Crippen LogP contribution in [0.1, 0.15) is 24.1 Å². The summed E-state index contributed by atoms with van der Waals surface area (Å²) in [5, 5.41) is 24.0. The number of fused-ring (bicyclic) bond motifs is 1. The van der Waals surface area contributed by atoms with E-state index in [0.29, 0.717) is 33.3 Å². The zero-order chi connectivity index (χ0) is 24.5. The molecule has 0 spiro atoms. The lowest BCUT2D eigenvalue weighted by atomic mass is 10.0. The third-order valence-corrected chi connectivity index (χ3v) is 6.11. The first-order valence-electron chi connectivity index (χ1n) is 10.2. The lowest BCUT2D eigenvalue weighted by Crippen LogP contribution is -2.10. The topological polar surface area (TPSA) is 128 Å². The minimum Gasteiger partial charge on any atom is -0.508 e. The minimum absolute atomic E-state index is 0.0299. The lowest BCUT2D eigenvalue weighted by molar-refractivity contribution is 0.465. The number of rotatable bonds is 6. The van der Waals surface area contributed by atoms with E-state index < -0.39 is 10.0 Å². The summed E-state index contributed by atoms with van der Waals surface area (Å²) in [6, 6.07) is 15.9. The van der Waals surface area contributed by atoms with E-state index in [1.54, 1.807) is 24.3 Å². The van der Waals surface area contributed by atoms with E-state index in [0.717, 1.165) is 11.8 Å². The van der Waals surface area contributed by atoms with Crippen LogP contribution in [-0.4, -0.2) is 29.7 Å². The number of aromatic nitrogens is 2. The van der Waals surface area contributed by atoms with Gasteiger partial charge in [-0.05, 0) is 36.8 Å². The molecule has 0 radical (unpaired) electrons. The Balaban J connectivity index is 1.82. The van der Waals surface area contributed by atoms with Crippen LogP contribution in [0.3, 0.4) is 0 Å². The molecular weight excluding hydrogens is 474 g/mol. The van der Waals surface area contributed by atoms with Crippen molar-refractivity contribution in [3.05, 3.63) is 77.2 Å². The SMILES string of the molecule is CC(Nc1c(C#N)cnc2ccc(-c3cnc(Cl)c(NS(C)(=O)=O)c3)cc12)c1ccccc1O. The monoisotopic (exact) mass is 493 g/mol. The minimum atomic E-state index is -3.54. The van der Waals surface area contributed by atoms with Crippen molar-refractivity contribution in [2.24, 2.45) is 0 Å². The van der Waals surface area contributed by atoms with Gasteiger partial charge in [0.1, 0.15) is 11.8 Å². The van der Waals surface area contributed by atoms with Gasteiger partial charge in [0, 0.05) is 28.9 Å². The number of pyridine rings is 2. The second-order valence-electron chi connectivity index (χ2n) is 7.75. The second-order valence-corrected chi connectivity index (χ2v) is 9.86. The van der Waals surface area contributed by atoms with Crippen molar-refractivity contribution in [2.45, 2.75) is 13.0 Å². The van der Waals surface area contributed by atoms with Gasteiger partial charge in [0.05, 0.1) is 34.8 Å². The number of phenolic OH excluding ortho intramolecular Hbond substituents is 1. The van der Waals surface area contributed by atoms with E-state index in [-0.39, 0.29) is 22.6 Å². The predicted octanol–water partition coefficient (Wildman–Crippen LogP) is 5.07. The standard InChI is InChI=1S/C24H20ClN5O3S/c1-14(18-5-3-4-6-22(18)31)29-23-17(11-26)13-27-20-8-7-15(9-19(20)23)16-10-21(24(25)28-12-16)30-34(2,32)33/h3-10,12-14,30-31H,1-2H3,(H,27,29). The maximum atomic E-state index is 11.7. The van der Waals surface area contributed by atoms with Crippen molar-refractivity contribution in [2.75, 3.05) is 16.3 Å². The summed E-state index contributed by atoms with van der Waals surface area (Å²) >= 11 is 6.06. The van der Waals surface area contributed by atoms with E-state index in [1.165, 1.54) is 12.4 Å². The molecular formula is C24H20ClN5O3S. The maximum Gasteiger partial charge on any atom is 0.229 e. The maximum absolute atomic E-state index is 11.7. The molecule has 2 heterocycles. The van der Waals surface area contributed by atoms with Crippen LogP contribution < -0.4 is 10.0 Å². The van der Waals surface area contributed by atoms with Crippen molar-refractivity contribution in [3.63, 3.8) is 0 Å². The fourth-order valence-electron chi connectivity index (χ4n) is 3.64. The fourth-order valence-corrected chi connectivity index (χ4v) is 4.40. The van der Waals surface area contributed by atoms with Crippen molar-refractivity contribution >= 4 is 43.9 Å². The molecule has 0 aliphatic carbocycles. The Morgan fingerprint density at radius 1 is 1.09 bits per heavy atom. The van der Waals surface area contributed by atoms with Crippen molar-refractivity contribution in [3.8, 4) is 22.9 Å². The number of anilines is 2. The molecule has 8 nitrogen and oxygen atoms in total. The molecule has 0 bridgehead atoms. The Bertz CT molecular complexity index is 1550. The smallest absolute Gasteiger partial charge is 0.229 e. The van der Waals surface area contributed by atoms with Crippen LogP contribution in [0.5, 0.6) is 5.75 Å². The van der Waals surface area contributed by atoms with E-state index >= 15 is 0 Å². The number of sulfonamides is 1. The van der Waals surface area contributed by atoms with Gasteiger partial charge in [-0.2, -0.15) is 5.26 Å². The summed E-state index contributed by atoms with van der Waals surface area (Å²) in [6.45, 7) is 1.89. The zero-order valence-corrected chi connectivity index (χ0v) is 19.8. The second kappa shape index (κ2) is 9.17. The Labute approximate surface area is 201 Å². The number of hydrogen-bond acceptors (Lipinski definition) is 7. The van der Waals surface area contributed by atoms with Gasteiger partial charge in [-0.1, -0.05) is 35.9 Å². The number of phenols is 1. The first-order chi connectivity index (χ1) is 16.2. The third kappa shape index (κ3) is 4.88. The van der Waals surface area contributed by atoms with Gasteiger partial charge in [-0.3, -0.25) is 9.71 Å². The van der Waals surface area contributed by atoms with Crippen LogP contribution in [0.25, 0.3) is 22.0 Å². The average molecular weight is 494 g/mol. The third-order valence-electron chi connectivity index (χ3n) is 5.22. The molecule has 0 saturated heterocycles. The number of hydrogen-bond donors (Lipinski definition) is 3. The number of benzene rings is 2. The number of halogens is 1. The lowest BCUT2D eigenvalue weighted by Gasteiger charge is -2.19. The van der Waals surface area contributed by atoms with Crippen LogP contribution in [0.15, 0.2) is 60.9 Å². The van der Waals surface area contributed by atoms with Gasteiger partial charge >= 0.3 is 0 Å². The number of nitrogens with one attached hydrogen (secondary N) is 2.